The first-order chi connectivity index (χ1) is 7.36. The maximum absolute atomic E-state index is 4.16. The highest BCUT2D eigenvalue weighted by atomic mass is 32.1. The molecule has 4 heteroatoms. The molecule has 0 radical (unpaired) electrons. The Balaban J connectivity index is 2.23. The summed E-state index contributed by atoms with van der Waals surface area (Å²) in [6.45, 7) is 4.01. The van der Waals surface area contributed by atoms with Gasteiger partial charge in [-0.1, -0.05) is 13.3 Å². The first kappa shape index (κ1) is 12.0. The number of thiophene rings is 1. The van der Waals surface area contributed by atoms with E-state index in [4.69, 9.17) is 0 Å². The third-order valence-electron chi connectivity index (χ3n) is 2.09. The molecule has 0 atom stereocenters. The Morgan fingerprint density at radius 2 is 2.33 bits per heavy atom. The predicted octanol–water partition coefficient (Wildman–Crippen LogP) is 2.21. The zero-order valence-corrected chi connectivity index (χ0v) is 10.2. The SMILES string of the molecule is CCCCNC(=NC)NCc1ccsc1. The Morgan fingerprint density at radius 3 is 2.93 bits per heavy atom. The molecule has 0 saturated carbocycles. The Labute approximate surface area is 95.6 Å². The number of nitrogens with zero attached hydrogens (tertiary/aromatic N) is 1. The van der Waals surface area contributed by atoms with Gasteiger partial charge in [0.2, 0.25) is 0 Å². The highest BCUT2D eigenvalue weighted by molar-refractivity contribution is 7.07. The van der Waals surface area contributed by atoms with Crippen LogP contribution in [0.2, 0.25) is 0 Å². The minimum absolute atomic E-state index is 0.843. The molecule has 0 saturated heterocycles. The molecule has 1 rings (SSSR count). The van der Waals surface area contributed by atoms with Gasteiger partial charge in [-0.25, -0.2) is 0 Å². The molecule has 0 fully saturated rings. The van der Waals surface area contributed by atoms with Gasteiger partial charge < -0.3 is 10.6 Å². The lowest BCUT2D eigenvalue weighted by Crippen LogP contribution is -2.37. The topological polar surface area (TPSA) is 36.4 Å². The summed E-state index contributed by atoms with van der Waals surface area (Å²) in [5, 5.41) is 10.8. The van der Waals surface area contributed by atoms with Crippen molar-refractivity contribution >= 4 is 17.3 Å². The third kappa shape index (κ3) is 4.83. The number of hydrogen-bond donors (Lipinski definition) is 2. The van der Waals surface area contributed by atoms with Gasteiger partial charge in [0, 0.05) is 20.1 Å². The van der Waals surface area contributed by atoms with Crippen molar-refractivity contribution in [2.45, 2.75) is 26.3 Å². The molecule has 1 heterocycles. The first-order valence-electron chi connectivity index (χ1n) is 5.32. The summed E-state index contributed by atoms with van der Waals surface area (Å²) < 4.78 is 0. The maximum atomic E-state index is 4.16. The number of hydrogen-bond acceptors (Lipinski definition) is 2. The monoisotopic (exact) mass is 225 g/mol. The van der Waals surface area contributed by atoms with Gasteiger partial charge in [0.05, 0.1) is 0 Å². The number of aliphatic imine (C=N–C) groups is 1. The van der Waals surface area contributed by atoms with Gasteiger partial charge in [-0.3, -0.25) is 4.99 Å². The van der Waals surface area contributed by atoms with Gasteiger partial charge in [-0.05, 0) is 28.8 Å². The highest BCUT2D eigenvalue weighted by Crippen LogP contribution is 2.04. The van der Waals surface area contributed by atoms with Crippen LogP contribution >= 0.6 is 11.3 Å². The largest absolute Gasteiger partial charge is 0.356 e. The molecule has 0 amide bonds. The van der Waals surface area contributed by atoms with E-state index in [-0.39, 0.29) is 0 Å². The Hall–Kier alpha value is -1.03. The molecule has 0 bridgehead atoms. The van der Waals surface area contributed by atoms with Crippen molar-refractivity contribution in [3.8, 4) is 0 Å². The molecule has 0 aliphatic rings. The quantitative estimate of drug-likeness (QED) is 0.458. The lowest BCUT2D eigenvalue weighted by atomic mass is 10.3. The molecule has 0 aromatic carbocycles. The zero-order valence-electron chi connectivity index (χ0n) is 9.42. The smallest absolute Gasteiger partial charge is 0.191 e. The van der Waals surface area contributed by atoms with Gasteiger partial charge in [0.1, 0.15) is 0 Å². The van der Waals surface area contributed by atoms with E-state index in [1.165, 1.54) is 18.4 Å². The van der Waals surface area contributed by atoms with Crippen LogP contribution < -0.4 is 10.6 Å². The maximum Gasteiger partial charge on any atom is 0.191 e. The van der Waals surface area contributed by atoms with Crippen molar-refractivity contribution in [2.75, 3.05) is 13.6 Å². The molecule has 3 nitrogen and oxygen atoms in total. The number of unbranched alkanes of at least 4 members (excludes halogenated alkanes) is 1. The first-order valence-corrected chi connectivity index (χ1v) is 6.26. The highest BCUT2D eigenvalue weighted by Gasteiger charge is 1.97. The fraction of sp³-hybridized carbons (Fsp3) is 0.545. The van der Waals surface area contributed by atoms with E-state index < -0.39 is 0 Å². The lowest BCUT2D eigenvalue weighted by Gasteiger charge is -2.10. The fourth-order valence-electron chi connectivity index (χ4n) is 1.18. The molecule has 0 unspecified atom stereocenters. The number of rotatable bonds is 5. The minimum atomic E-state index is 0.843. The van der Waals surface area contributed by atoms with E-state index in [9.17, 15) is 0 Å². The second kappa shape index (κ2) is 7.29. The zero-order chi connectivity index (χ0) is 10.9. The van der Waals surface area contributed by atoms with Crippen molar-refractivity contribution in [3.63, 3.8) is 0 Å². The number of nitrogens with one attached hydrogen (secondary N) is 2. The van der Waals surface area contributed by atoms with Gasteiger partial charge >= 0.3 is 0 Å². The fourth-order valence-corrected chi connectivity index (χ4v) is 1.85. The second-order valence-electron chi connectivity index (χ2n) is 3.34. The van der Waals surface area contributed by atoms with E-state index in [0.29, 0.717) is 0 Å². The van der Waals surface area contributed by atoms with Crippen LogP contribution in [0.4, 0.5) is 0 Å². The lowest BCUT2D eigenvalue weighted by molar-refractivity contribution is 0.729. The van der Waals surface area contributed by atoms with Crippen LogP contribution in [0.25, 0.3) is 0 Å². The van der Waals surface area contributed by atoms with E-state index >= 15 is 0 Å². The molecule has 0 aliphatic heterocycles. The van der Waals surface area contributed by atoms with E-state index in [2.05, 4.69) is 39.4 Å². The summed E-state index contributed by atoms with van der Waals surface area (Å²) in [6.07, 6.45) is 2.38. The van der Waals surface area contributed by atoms with E-state index in [1.807, 2.05) is 0 Å². The molecule has 0 spiro atoms. The van der Waals surface area contributed by atoms with Crippen molar-refractivity contribution in [3.05, 3.63) is 22.4 Å². The molecule has 1 aromatic heterocycles. The summed E-state index contributed by atoms with van der Waals surface area (Å²) in [5.41, 5.74) is 1.30. The average Bonchev–Trinajstić information content (AvgIpc) is 2.76. The van der Waals surface area contributed by atoms with E-state index in [0.717, 1.165) is 19.0 Å². The second-order valence-corrected chi connectivity index (χ2v) is 4.12. The Bertz CT molecular complexity index is 280. The van der Waals surface area contributed by atoms with Gasteiger partial charge in [-0.2, -0.15) is 11.3 Å². The van der Waals surface area contributed by atoms with Crippen molar-refractivity contribution in [1.82, 2.24) is 10.6 Å². The van der Waals surface area contributed by atoms with Crippen LogP contribution in [-0.2, 0) is 6.54 Å². The van der Waals surface area contributed by atoms with Crippen LogP contribution in [0.5, 0.6) is 0 Å². The van der Waals surface area contributed by atoms with Crippen LogP contribution in [-0.4, -0.2) is 19.6 Å². The van der Waals surface area contributed by atoms with E-state index in [1.54, 1.807) is 18.4 Å². The summed E-state index contributed by atoms with van der Waals surface area (Å²) in [7, 11) is 1.80. The molecule has 1 aromatic rings. The number of guanidine groups is 1. The summed E-state index contributed by atoms with van der Waals surface area (Å²) in [6, 6.07) is 2.12. The third-order valence-corrected chi connectivity index (χ3v) is 2.82. The van der Waals surface area contributed by atoms with Crippen molar-refractivity contribution < 1.29 is 0 Å². The van der Waals surface area contributed by atoms with Gasteiger partial charge in [0.25, 0.3) is 0 Å². The Kier molecular flexibility index (Phi) is 5.85. The standard InChI is InChI=1S/C11H19N3S/c1-3-4-6-13-11(12-2)14-8-10-5-7-15-9-10/h5,7,9H,3-4,6,8H2,1-2H3,(H2,12,13,14). The molecule has 15 heavy (non-hydrogen) atoms. The predicted molar refractivity (Wildman–Crippen MR) is 67.4 cm³/mol. The van der Waals surface area contributed by atoms with Crippen LogP contribution in [0.15, 0.2) is 21.8 Å². The molecule has 0 aliphatic carbocycles. The van der Waals surface area contributed by atoms with Gasteiger partial charge in [0.15, 0.2) is 5.96 Å². The molecular formula is C11H19N3S. The minimum Gasteiger partial charge on any atom is -0.356 e. The Morgan fingerprint density at radius 1 is 1.47 bits per heavy atom. The van der Waals surface area contributed by atoms with Gasteiger partial charge in [-0.15, -0.1) is 0 Å². The van der Waals surface area contributed by atoms with Crippen LogP contribution in [0.1, 0.15) is 25.3 Å². The molecule has 84 valence electrons. The average molecular weight is 225 g/mol. The summed E-state index contributed by atoms with van der Waals surface area (Å²) in [5.74, 6) is 0.884. The normalized spacial score (nSPS) is 11.5. The molecule has 2 N–H and O–H groups in total. The van der Waals surface area contributed by atoms with Crippen molar-refractivity contribution in [2.24, 2.45) is 4.99 Å². The van der Waals surface area contributed by atoms with Crippen LogP contribution in [0, 0.1) is 0 Å². The van der Waals surface area contributed by atoms with Crippen molar-refractivity contribution in [1.29, 1.82) is 0 Å². The molecular weight excluding hydrogens is 206 g/mol. The summed E-state index contributed by atoms with van der Waals surface area (Å²) in [4.78, 5) is 4.16. The van der Waals surface area contributed by atoms with Crippen LogP contribution in [0.3, 0.4) is 0 Å². The summed E-state index contributed by atoms with van der Waals surface area (Å²) >= 11 is 1.72.